The fourth-order valence-corrected chi connectivity index (χ4v) is 2.98. The monoisotopic (exact) mass is 325 g/mol. The van der Waals surface area contributed by atoms with Crippen LogP contribution in [0.3, 0.4) is 0 Å². The first kappa shape index (κ1) is 15.3. The summed E-state index contributed by atoms with van der Waals surface area (Å²) in [7, 11) is 4.07. The van der Waals surface area contributed by atoms with Gasteiger partial charge in [-0.15, -0.1) is 0 Å². The number of benzene rings is 3. The number of anilines is 1. The lowest BCUT2D eigenvalue weighted by Gasteiger charge is -2.11. The highest BCUT2D eigenvalue weighted by Crippen LogP contribution is 2.30. The van der Waals surface area contributed by atoms with Crippen molar-refractivity contribution in [1.82, 2.24) is 4.98 Å². The Morgan fingerprint density at radius 3 is 2.12 bits per heavy atom. The van der Waals surface area contributed by atoms with Gasteiger partial charge in [-0.1, -0.05) is 54.6 Å². The van der Waals surface area contributed by atoms with E-state index in [1.807, 2.05) is 44.6 Å². The summed E-state index contributed by atoms with van der Waals surface area (Å²) < 4.78 is 0. The molecule has 0 N–H and O–H groups in total. The summed E-state index contributed by atoms with van der Waals surface area (Å²) in [5.41, 5.74) is 3.20. The molecule has 4 aromatic rings. The van der Waals surface area contributed by atoms with E-state index in [0.29, 0.717) is 0 Å². The number of hydrogen-bond acceptors (Lipinski definition) is 3. The van der Waals surface area contributed by atoms with E-state index in [1.165, 1.54) is 11.1 Å². The zero-order chi connectivity index (χ0) is 17.2. The van der Waals surface area contributed by atoms with Gasteiger partial charge in [-0.2, -0.15) is 0 Å². The standard InChI is InChI=1S/C22H19N3/c1-25(2)17-13-11-16(12-14-17)15-23-22-20-9-4-3-7-18(20)19-8-5-6-10-21(19)24-22/h3-15H,1-2H3. The van der Waals surface area contributed by atoms with Crippen LogP contribution in [0.25, 0.3) is 21.7 Å². The summed E-state index contributed by atoms with van der Waals surface area (Å²) in [4.78, 5) is 11.5. The van der Waals surface area contributed by atoms with Crippen LogP contribution in [-0.4, -0.2) is 25.3 Å². The van der Waals surface area contributed by atoms with Crippen molar-refractivity contribution < 1.29 is 0 Å². The summed E-state index contributed by atoms with van der Waals surface area (Å²) in [5, 5.41) is 3.41. The molecule has 0 amide bonds. The Labute approximate surface area is 147 Å². The predicted molar refractivity (Wildman–Crippen MR) is 107 cm³/mol. The Balaban J connectivity index is 1.80. The second-order valence-electron chi connectivity index (χ2n) is 6.24. The average molecular weight is 325 g/mol. The van der Waals surface area contributed by atoms with Crippen LogP contribution in [0, 0.1) is 0 Å². The van der Waals surface area contributed by atoms with E-state index in [1.54, 1.807) is 0 Å². The van der Waals surface area contributed by atoms with Crippen molar-refractivity contribution in [2.45, 2.75) is 0 Å². The maximum atomic E-state index is 4.76. The van der Waals surface area contributed by atoms with E-state index in [4.69, 9.17) is 4.98 Å². The third-order valence-corrected chi connectivity index (χ3v) is 4.33. The van der Waals surface area contributed by atoms with Gasteiger partial charge in [-0.3, -0.25) is 0 Å². The summed E-state index contributed by atoms with van der Waals surface area (Å²) in [6.07, 6.45) is 1.88. The minimum absolute atomic E-state index is 0.756. The van der Waals surface area contributed by atoms with Crippen LogP contribution in [0.4, 0.5) is 11.5 Å². The maximum absolute atomic E-state index is 4.76. The number of fused-ring (bicyclic) bond motifs is 3. The van der Waals surface area contributed by atoms with Crippen molar-refractivity contribution in [2.24, 2.45) is 4.99 Å². The lowest BCUT2D eigenvalue weighted by molar-refractivity contribution is 1.13. The van der Waals surface area contributed by atoms with Crippen LogP contribution in [-0.2, 0) is 0 Å². The van der Waals surface area contributed by atoms with E-state index in [9.17, 15) is 0 Å². The molecule has 3 heteroatoms. The van der Waals surface area contributed by atoms with Crippen molar-refractivity contribution in [3.8, 4) is 0 Å². The second-order valence-corrected chi connectivity index (χ2v) is 6.24. The highest BCUT2D eigenvalue weighted by atomic mass is 15.1. The number of pyridine rings is 1. The van der Waals surface area contributed by atoms with Gasteiger partial charge in [0.2, 0.25) is 0 Å². The third-order valence-electron chi connectivity index (χ3n) is 4.33. The minimum Gasteiger partial charge on any atom is -0.378 e. The SMILES string of the molecule is CN(C)c1ccc(C=Nc2nc3ccccc3c3ccccc23)cc1. The first-order valence-corrected chi connectivity index (χ1v) is 8.31. The molecule has 0 saturated carbocycles. The first-order chi connectivity index (χ1) is 12.2. The number of hydrogen-bond donors (Lipinski definition) is 0. The molecular formula is C22H19N3. The van der Waals surface area contributed by atoms with E-state index in [0.717, 1.165) is 27.7 Å². The topological polar surface area (TPSA) is 28.5 Å². The van der Waals surface area contributed by atoms with Gasteiger partial charge in [0.1, 0.15) is 0 Å². The molecule has 0 aliphatic rings. The van der Waals surface area contributed by atoms with Crippen LogP contribution < -0.4 is 4.90 Å². The molecule has 0 spiro atoms. The molecule has 1 heterocycles. The molecule has 0 unspecified atom stereocenters. The zero-order valence-corrected chi connectivity index (χ0v) is 14.3. The molecule has 1 aromatic heterocycles. The number of para-hydroxylation sites is 1. The Bertz CT molecular complexity index is 1060. The van der Waals surface area contributed by atoms with Crippen molar-refractivity contribution in [2.75, 3.05) is 19.0 Å². The van der Waals surface area contributed by atoms with Crippen molar-refractivity contribution in [3.63, 3.8) is 0 Å². The van der Waals surface area contributed by atoms with Crippen molar-refractivity contribution >= 4 is 39.4 Å². The summed E-state index contributed by atoms with van der Waals surface area (Å²) in [6, 6.07) is 24.8. The summed E-state index contributed by atoms with van der Waals surface area (Å²) in [6.45, 7) is 0. The second kappa shape index (κ2) is 6.36. The molecule has 122 valence electrons. The van der Waals surface area contributed by atoms with Crippen LogP contribution in [0.15, 0.2) is 77.8 Å². The molecule has 4 rings (SSSR count). The summed E-state index contributed by atoms with van der Waals surface area (Å²) >= 11 is 0. The van der Waals surface area contributed by atoms with E-state index in [-0.39, 0.29) is 0 Å². The van der Waals surface area contributed by atoms with Gasteiger partial charge in [0.25, 0.3) is 0 Å². The fourth-order valence-electron chi connectivity index (χ4n) is 2.98. The molecule has 0 aliphatic heterocycles. The Morgan fingerprint density at radius 2 is 1.40 bits per heavy atom. The van der Waals surface area contributed by atoms with Gasteiger partial charge in [-0.05, 0) is 29.1 Å². The number of aliphatic imine (C=N–C) groups is 1. The molecule has 3 aromatic carbocycles. The largest absolute Gasteiger partial charge is 0.378 e. The lowest BCUT2D eigenvalue weighted by Crippen LogP contribution is -2.08. The maximum Gasteiger partial charge on any atom is 0.160 e. The van der Waals surface area contributed by atoms with E-state index >= 15 is 0 Å². The van der Waals surface area contributed by atoms with Crippen molar-refractivity contribution in [3.05, 3.63) is 78.4 Å². The van der Waals surface area contributed by atoms with Crippen LogP contribution in [0.2, 0.25) is 0 Å². The molecule has 3 nitrogen and oxygen atoms in total. The Hall–Kier alpha value is -3.20. The lowest BCUT2D eigenvalue weighted by atomic mass is 10.1. The molecule has 0 bridgehead atoms. The van der Waals surface area contributed by atoms with Crippen LogP contribution in [0.1, 0.15) is 5.56 Å². The van der Waals surface area contributed by atoms with Gasteiger partial charge >= 0.3 is 0 Å². The Morgan fingerprint density at radius 1 is 0.760 bits per heavy atom. The average Bonchev–Trinajstić information content (AvgIpc) is 2.66. The summed E-state index contributed by atoms with van der Waals surface area (Å²) in [5.74, 6) is 0.756. The molecule has 0 aliphatic carbocycles. The molecule has 25 heavy (non-hydrogen) atoms. The minimum atomic E-state index is 0.756. The highest BCUT2D eigenvalue weighted by Gasteiger charge is 2.06. The highest BCUT2D eigenvalue weighted by molar-refractivity contribution is 6.10. The molecule has 0 radical (unpaired) electrons. The third kappa shape index (κ3) is 2.96. The van der Waals surface area contributed by atoms with Gasteiger partial charge in [0.05, 0.1) is 5.52 Å². The van der Waals surface area contributed by atoms with E-state index in [2.05, 4.69) is 58.4 Å². The molecular weight excluding hydrogens is 306 g/mol. The first-order valence-electron chi connectivity index (χ1n) is 8.31. The van der Waals surface area contributed by atoms with Gasteiger partial charge in [0.15, 0.2) is 5.82 Å². The van der Waals surface area contributed by atoms with Gasteiger partial charge < -0.3 is 4.90 Å². The number of rotatable bonds is 3. The predicted octanol–water partition coefficient (Wildman–Crippen LogP) is 5.20. The van der Waals surface area contributed by atoms with Gasteiger partial charge in [0, 0.05) is 36.8 Å². The van der Waals surface area contributed by atoms with Crippen molar-refractivity contribution in [1.29, 1.82) is 0 Å². The molecule has 0 saturated heterocycles. The smallest absolute Gasteiger partial charge is 0.160 e. The number of aromatic nitrogens is 1. The molecule has 0 atom stereocenters. The van der Waals surface area contributed by atoms with Crippen LogP contribution >= 0.6 is 0 Å². The Kier molecular flexibility index (Phi) is 3.90. The quantitative estimate of drug-likeness (QED) is 0.382. The zero-order valence-electron chi connectivity index (χ0n) is 14.3. The van der Waals surface area contributed by atoms with E-state index < -0.39 is 0 Å². The molecule has 0 fully saturated rings. The van der Waals surface area contributed by atoms with Crippen LogP contribution in [0.5, 0.6) is 0 Å². The fraction of sp³-hybridized carbons (Fsp3) is 0.0909. The normalized spacial score (nSPS) is 11.4. The van der Waals surface area contributed by atoms with Gasteiger partial charge in [-0.25, -0.2) is 9.98 Å². The number of nitrogens with zero attached hydrogens (tertiary/aromatic N) is 3.